The van der Waals surface area contributed by atoms with Crippen LogP contribution in [-0.4, -0.2) is 24.3 Å². The fourth-order valence-electron chi connectivity index (χ4n) is 1.65. The van der Waals surface area contributed by atoms with Crippen molar-refractivity contribution in [1.29, 1.82) is 0 Å². The molecule has 0 saturated carbocycles. The van der Waals surface area contributed by atoms with Gasteiger partial charge in [-0.05, 0) is 32.0 Å². The second-order valence-electron chi connectivity index (χ2n) is 5.34. The van der Waals surface area contributed by atoms with Crippen LogP contribution in [-0.2, 0) is 14.4 Å². The Balaban J connectivity index is 2.80. The Morgan fingerprint density at radius 2 is 1.73 bits per heavy atom. The first-order valence-electron chi connectivity index (χ1n) is 6.85. The van der Waals surface area contributed by atoms with Crippen molar-refractivity contribution in [2.75, 3.05) is 17.2 Å². The van der Waals surface area contributed by atoms with E-state index in [0.29, 0.717) is 17.9 Å². The average molecular weight is 303 g/mol. The van der Waals surface area contributed by atoms with Crippen LogP contribution in [0, 0.1) is 5.41 Å². The zero-order valence-corrected chi connectivity index (χ0v) is 13.0. The fraction of sp³-hybridized carbons (Fsp3) is 0.312. The average Bonchev–Trinajstić information content (AvgIpc) is 2.44. The Kier molecular flexibility index (Phi) is 5.86. The van der Waals surface area contributed by atoms with E-state index >= 15 is 0 Å². The number of anilines is 2. The van der Waals surface area contributed by atoms with Gasteiger partial charge in [-0.3, -0.25) is 14.4 Å². The highest BCUT2D eigenvalue weighted by atomic mass is 16.2. The van der Waals surface area contributed by atoms with E-state index in [4.69, 9.17) is 0 Å². The number of amides is 3. The largest absolute Gasteiger partial charge is 0.352 e. The van der Waals surface area contributed by atoms with Gasteiger partial charge in [0.15, 0.2) is 0 Å². The summed E-state index contributed by atoms with van der Waals surface area (Å²) >= 11 is 0. The minimum Gasteiger partial charge on any atom is -0.352 e. The topological polar surface area (TPSA) is 87.3 Å². The molecule has 0 spiro atoms. The van der Waals surface area contributed by atoms with Crippen molar-refractivity contribution in [1.82, 2.24) is 5.32 Å². The Morgan fingerprint density at radius 3 is 2.27 bits per heavy atom. The first-order valence-corrected chi connectivity index (χ1v) is 6.85. The maximum atomic E-state index is 12.3. The van der Waals surface area contributed by atoms with Gasteiger partial charge in [-0.15, -0.1) is 6.58 Å². The molecule has 0 aliphatic heterocycles. The molecule has 0 bridgehead atoms. The number of rotatable bonds is 6. The van der Waals surface area contributed by atoms with Crippen molar-refractivity contribution in [3.63, 3.8) is 0 Å². The van der Waals surface area contributed by atoms with E-state index < -0.39 is 11.3 Å². The van der Waals surface area contributed by atoms with Crippen LogP contribution < -0.4 is 16.0 Å². The summed E-state index contributed by atoms with van der Waals surface area (Å²) in [6.07, 6.45) is 1.54. The molecular formula is C16H21N3O3. The molecule has 0 saturated heterocycles. The van der Waals surface area contributed by atoms with Gasteiger partial charge >= 0.3 is 0 Å². The molecule has 0 heterocycles. The summed E-state index contributed by atoms with van der Waals surface area (Å²) in [5.41, 5.74) is -0.160. The predicted molar refractivity (Wildman–Crippen MR) is 86.4 cm³/mol. The van der Waals surface area contributed by atoms with E-state index in [1.807, 2.05) is 0 Å². The molecule has 0 radical (unpaired) electrons. The Labute approximate surface area is 130 Å². The second-order valence-corrected chi connectivity index (χ2v) is 5.34. The highest BCUT2D eigenvalue weighted by molar-refractivity contribution is 6.10. The van der Waals surface area contributed by atoms with E-state index in [1.54, 1.807) is 44.2 Å². The highest BCUT2D eigenvalue weighted by Crippen LogP contribution is 2.21. The molecule has 1 aromatic rings. The summed E-state index contributed by atoms with van der Waals surface area (Å²) in [6.45, 7) is 8.29. The molecule has 1 aromatic carbocycles. The van der Waals surface area contributed by atoms with Crippen LogP contribution in [0.2, 0.25) is 0 Å². The lowest BCUT2D eigenvalue weighted by molar-refractivity contribution is -0.138. The fourth-order valence-corrected chi connectivity index (χ4v) is 1.65. The third-order valence-electron chi connectivity index (χ3n) is 2.98. The van der Waals surface area contributed by atoms with Crippen LogP contribution in [0.5, 0.6) is 0 Å². The van der Waals surface area contributed by atoms with Crippen molar-refractivity contribution >= 4 is 29.1 Å². The van der Waals surface area contributed by atoms with Crippen molar-refractivity contribution in [3.05, 3.63) is 36.9 Å². The van der Waals surface area contributed by atoms with Gasteiger partial charge in [-0.1, -0.05) is 12.1 Å². The monoisotopic (exact) mass is 303 g/mol. The van der Waals surface area contributed by atoms with Gasteiger partial charge < -0.3 is 16.0 Å². The molecule has 3 amide bonds. The van der Waals surface area contributed by atoms with Crippen LogP contribution in [0.4, 0.5) is 11.4 Å². The number of nitrogens with one attached hydrogen (secondary N) is 3. The van der Waals surface area contributed by atoms with Gasteiger partial charge in [0, 0.05) is 24.8 Å². The van der Waals surface area contributed by atoms with Gasteiger partial charge in [0.25, 0.3) is 0 Å². The van der Waals surface area contributed by atoms with Crippen LogP contribution >= 0.6 is 0 Å². The van der Waals surface area contributed by atoms with Gasteiger partial charge in [0.05, 0.1) is 0 Å². The lowest BCUT2D eigenvalue weighted by Crippen LogP contribution is -2.45. The van der Waals surface area contributed by atoms with E-state index in [0.717, 1.165) is 0 Å². The van der Waals surface area contributed by atoms with Crippen molar-refractivity contribution in [2.24, 2.45) is 5.41 Å². The quantitative estimate of drug-likeness (QED) is 0.554. The van der Waals surface area contributed by atoms with Gasteiger partial charge in [0.2, 0.25) is 17.7 Å². The number of hydrogen-bond acceptors (Lipinski definition) is 3. The van der Waals surface area contributed by atoms with E-state index in [-0.39, 0.29) is 11.8 Å². The molecule has 0 aliphatic carbocycles. The summed E-state index contributed by atoms with van der Waals surface area (Å²) in [6, 6.07) is 6.71. The number of benzene rings is 1. The minimum absolute atomic E-state index is 0.201. The number of carbonyl (C=O) groups excluding carboxylic acids is 3. The predicted octanol–water partition coefficient (Wildman–Crippen LogP) is 1.91. The third-order valence-corrected chi connectivity index (χ3v) is 2.98. The zero-order valence-electron chi connectivity index (χ0n) is 13.0. The molecular weight excluding hydrogens is 282 g/mol. The molecule has 118 valence electrons. The molecule has 0 aromatic heterocycles. The molecule has 6 nitrogen and oxygen atoms in total. The number of carbonyl (C=O) groups is 3. The summed E-state index contributed by atoms with van der Waals surface area (Å²) in [4.78, 5) is 35.3. The van der Waals surface area contributed by atoms with E-state index in [9.17, 15) is 14.4 Å². The van der Waals surface area contributed by atoms with E-state index in [1.165, 1.54) is 6.92 Å². The van der Waals surface area contributed by atoms with Crippen LogP contribution in [0.3, 0.4) is 0 Å². The van der Waals surface area contributed by atoms with Crippen molar-refractivity contribution < 1.29 is 14.4 Å². The lowest BCUT2D eigenvalue weighted by Gasteiger charge is -2.22. The van der Waals surface area contributed by atoms with E-state index in [2.05, 4.69) is 22.5 Å². The van der Waals surface area contributed by atoms with Gasteiger partial charge in [-0.2, -0.15) is 0 Å². The Hall–Kier alpha value is -2.63. The van der Waals surface area contributed by atoms with Crippen LogP contribution in [0.15, 0.2) is 36.9 Å². The third kappa shape index (κ3) is 4.73. The maximum absolute atomic E-state index is 12.3. The molecule has 1 rings (SSSR count). The lowest BCUT2D eigenvalue weighted by atomic mass is 9.91. The smallest absolute Gasteiger partial charge is 0.239 e. The SMILES string of the molecule is C=CCNC(=O)C(C)(C)C(=O)Nc1cccc(NC(C)=O)c1. The molecule has 0 unspecified atom stereocenters. The zero-order chi connectivity index (χ0) is 16.8. The van der Waals surface area contributed by atoms with Gasteiger partial charge in [0.1, 0.15) is 5.41 Å². The normalized spacial score (nSPS) is 10.5. The summed E-state index contributed by atoms with van der Waals surface area (Å²) < 4.78 is 0. The molecule has 3 N–H and O–H groups in total. The Bertz CT molecular complexity index is 594. The maximum Gasteiger partial charge on any atom is 0.239 e. The molecule has 0 fully saturated rings. The summed E-state index contributed by atoms with van der Waals surface area (Å²) in [5, 5.41) is 7.91. The first kappa shape index (κ1) is 17.4. The summed E-state index contributed by atoms with van der Waals surface area (Å²) in [5.74, 6) is -1.02. The minimum atomic E-state index is -1.23. The van der Waals surface area contributed by atoms with Crippen LogP contribution in [0.25, 0.3) is 0 Å². The van der Waals surface area contributed by atoms with Crippen molar-refractivity contribution in [2.45, 2.75) is 20.8 Å². The highest BCUT2D eigenvalue weighted by Gasteiger charge is 2.35. The first-order chi connectivity index (χ1) is 10.3. The summed E-state index contributed by atoms with van der Waals surface area (Å²) in [7, 11) is 0. The van der Waals surface area contributed by atoms with Gasteiger partial charge in [-0.25, -0.2) is 0 Å². The standard InChI is InChI=1S/C16H21N3O3/c1-5-9-17-14(21)16(3,4)15(22)19-13-8-6-7-12(10-13)18-11(2)20/h5-8,10H,1,9H2,2-4H3,(H,17,21)(H,18,20)(H,19,22). The van der Waals surface area contributed by atoms with Crippen LogP contribution in [0.1, 0.15) is 20.8 Å². The van der Waals surface area contributed by atoms with Crippen molar-refractivity contribution in [3.8, 4) is 0 Å². The second kappa shape index (κ2) is 7.40. The molecule has 6 heteroatoms. The number of hydrogen-bond donors (Lipinski definition) is 3. The molecule has 0 aliphatic rings. The molecule has 22 heavy (non-hydrogen) atoms. The Morgan fingerprint density at radius 1 is 1.14 bits per heavy atom. The molecule has 0 atom stereocenters.